The van der Waals surface area contributed by atoms with Gasteiger partial charge in [0.15, 0.2) is 5.84 Å². The quantitative estimate of drug-likeness (QED) is 0.131. The summed E-state index contributed by atoms with van der Waals surface area (Å²) in [6, 6.07) is 52.5. The number of H-pyrrole nitrogens is 1. The molecular formula is C36H28N3P. The fourth-order valence-corrected chi connectivity index (χ4v) is 7.09. The Bertz CT molecular complexity index is 1750. The molecule has 0 unspecified atom stereocenters. The number of amidine groups is 1. The molecule has 0 radical (unpaired) electrons. The molecule has 0 amide bonds. The van der Waals surface area contributed by atoms with Crippen LogP contribution in [-0.4, -0.2) is 10.8 Å². The van der Waals surface area contributed by atoms with Gasteiger partial charge in [-0.15, -0.1) is 0 Å². The molecule has 3 nitrogen and oxygen atoms in total. The number of aromatic amines is 1. The van der Waals surface area contributed by atoms with Crippen LogP contribution in [0, 0.1) is 5.41 Å². The fraction of sp³-hybridized carbons (Fsp3) is 0. The van der Waals surface area contributed by atoms with Crippen LogP contribution < -0.4 is 21.4 Å². The van der Waals surface area contributed by atoms with Crippen LogP contribution in [0.2, 0.25) is 0 Å². The van der Waals surface area contributed by atoms with E-state index in [1.54, 1.807) is 0 Å². The molecule has 6 rings (SSSR count). The fourth-order valence-electron chi connectivity index (χ4n) is 4.75. The van der Waals surface area contributed by atoms with Crippen molar-refractivity contribution >= 4 is 29.7 Å². The second kappa shape index (κ2) is 11.9. The Morgan fingerprint density at radius 2 is 1.05 bits per heavy atom. The average Bonchev–Trinajstić information content (AvgIpc) is 3.03. The molecule has 0 saturated carbocycles. The highest BCUT2D eigenvalue weighted by Crippen LogP contribution is 2.34. The van der Waals surface area contributed by atoms with Gasteiger partial charge in [-0.3, -0.25) is 5.41 Å². The van der Waals surface area contributed by atoms with E-state index in [-0.39, 0.29) is 5.84 Å². The predicted octanol–water partition coefficient (Wildman–Crippen LogP) is 7.03. The second-order valence-electron chi connectivity index (χ2n) is 9.43. The maximum absolute atomic E-state index is 8.70. The van der Waals surface area contributed by atoms with Gasteiger partial charge in [0, 0.05) is 11.8 Å². The third-order valence-corrected chi connectivity index (χ3v) is 9.16. The zero-order valence-electron chi connectivity index (χ0n) is 21.9. The van der Waals surface area contributed by atoms with Gasteiger partial charge in [0.05, 0.1) is 0 Å². The molecule has 0 aliphatic carbocycles. The van der Waals surface area contributed by atoms with Crippen LogP contribution in [0.5, 0.6) is 0 Å². The van der Waals surface area contributed by atoms with Crippen LogP contribution >= 0.6 is 7.92 Å². The van der Waals surface area contributed by atoms with Crippen LogP contribution in [0.15, 0.2) is 163 Å². The number of benzene rings is 5. The number of nitrogens with one attached hydrogen (secondary N) is 2. The molecule has 5 aromatic carbocycles. The molecule has 4 heteroatoms. The molecule has 192 valence electrons. The van der Waals surface area contributed by atoms with E-state index in [1.165, 1.54) is 15.9 Å². The third kappa shape index (κ3) is 5.76. The maximum Gasteiger partial charge on any atom is 0.154 e. The van der Waals surface area contributed by atoms with Crippen molar-refractivity contribution in [3.8, 4) is 22.3 Å². The Morgan fingerprint density at radius 3 is 1.68 bits per heavy atom. The van der Waals surface area contributed by atoms with Crippen molar-refractivity contribution in [1.82, 2.24) is 4.98 Å². The van der Waals surface area contributed by atoms with Crippen LogP contribution in [0.3, 0.4) is 0 Å². The maximum atomic E-state index is 8.70. The van der Waals surface area contributed by atoms with Crippen molar-refractivity contribution in [2.75, 3.05) is 0 Å². The summed E-state index contributed by atoms with van der Waals surface area (Å²) in [5.74, 6) is 0.220. The van der Waals surface area contributed by atoms with Gasteiger partial charge in [0.1, 0.15) is 5.49 Å². The Morgan fingerprint density at radius 1 is 0.500 bits per heavy atom. The van der Waals surface area contributed by atoms with Gasteiger partial charge in [-0.2, -0.15) is 0 Å². The van der Waals surface area contributed by atoms with Crippen LogP contribution in [0.1, 0.15) is 5.56 Å². The van der Waals surface area contributed by atoms with E-state index in [9.17, 15) is 0 Å². The zero-order valence-corrected chi connectivity index (χ0v) is 22.8. The minimum absolute atomic E-state index is 0.220. The summed E-state index contributed by atoms with van der Waals surface area (Å²) < 4.78 is 0. The predicted molar refractivity (Wildman–Crippen MR) is 169 cm³/mol. The Labute approximate surface area is 235 Å². The highest BCUT2D eigenvalue weighted by Gasteiger charge is 2.17. The number of aromatic nitrogens is 1. The average molecular weight is 534 g/mol. The number of pyridine rings is 1. The highest BCUT2D eigenvalue weighted by atomic mass is 31.1. The first kappa shape index (κ1) is 25.4. The van der Waals surface area contributed by atoms with E-state index >= 15 is 0 Å². The molecule has 0 aliphatic rings. The van der Waals surface area contributed by atoms with Crippen LogP contribution in [0.25, 0.3) is 22.3 Å². The summed E-state index contributed by atoms with van der Waals surface area (Å²) in [5, 5.41) is 12.6. The molecular weight excluding hydrogens is 505 g/mol. The normalized spacial score (nSPS) is 11.5. The third-order valence-electron chi connectivity index (χ3n) is 6.74. The van der Waals surface area contributed by atoms with Crippen LogP contribution in [0.4, 0.5) is 0 Å². The van der Waals surface area contributed by atoms with Crippen molar-refractivity contribution < 1.29 is 0 Å². The molecule has 6 aromatic rings. The Kier molecular flexibility index (Phi) is 7.57. The van der Waals surface area contributed by atoms with E-state index in [2.05, 4.69) is 119 Å². The molecule has 0 aliphatic heterocycles. The smallest absolute Gasteiger partial charge is 0.154 e. The van der Waals surface area contributed by atoms with E-state index in [0.717, 1.165) is 27.8 Å². The van der Waals surface area contributed by atoms with Gasteiger partial charge in [-0.05, 0) is 70.4 Å². The number of rotatable bonds is 6. The first-order chi connectivity index (χ1) is 19.7. The standard InChI is InChI=1S/C36H28N3P/c37-36(39-35-23-22-31(26-38-35)27-12-4-1-5-13-27)30-16-10-14-28(24-30)29-15-11-21-34(25-29)40(32-17-6-2-7-18-32)33-19-8-3-9-20-33/h1-26H,(H2,37,38,39). The lowest BCUT2D eigenvalue weighted by Crippen LogP contribution is -2.20. The molecule has 0 atom stereocenters. The number of nitrogens with zero attached hydrogens (tertiary/aromatic N) is 1. The van der Waals surface area contributed by atoms with Gasteiger partial charge in [0.25, 0.3) is 0 Å². The van der Waals surface area contributed by atoms with Crippen molar-refractivity contribution in [2.45, 2.75) is 0 Å². The first-order valence-electron chi connectivity index (χ1n) is 13.2. The van der Waals surface area contributed by atoms with E-state index < -0.39 is 7.92 Å². The summed E-state index contributed by atoms with van der Waals surface area (Å²) in [4.78, 5) is 7.78. The molecule has 0 spiro atoms. The van der Waals surface area contributed by atoms with Gasteiger partial charge in [-0.1, -0.05) is 127 Å². The zero-order chi connectivity index (χ0) is 27.1. The molecule has 40 heavy (non-hydrogen) atoms. The van der Waals surface area contributed by atoms with E-state index in [4.69, 9.17) is 5.41 Å². The number of hydrogen-bond donors (Lipinski definition) is 2. The monoisotopic (exact) mass is 533 g/mol. The largest absolute Gasteiger partial charge is 0.346 e. The van der Waals surface area contributed by atoms with Gasteiger partial charge in [-0.25, -0.2) is 4.99 Å². The lowest BCUT2D eigenvalue weighted by atomic mass is 10.0. The minimum atomic E-state index is -0.691. The summed E-state index contributed by atoms with van der Waals surface area (Å²) in [7, 11) is -0.691. The van der Waals surface area contributed by atoms with E-state index in [0.29, 0.717) is 5.49 Å². The summed E-state index contributed by atoms with van der Waals surface area (Å²) >= 11 is 0. The Balaban J connectivity index is 1.30. The highest BCUT2D eigenvalue weighted by molar-refractivity contribution is 7.79. The summed E-state index contributed by atoms with van der Waals surface area (Å²) in [6.45, 7) is 0. The lowest BCUT2D eigenvalue weighted by molar-refractivity contribution is 1.16. The van der Waals surface area contributed by atoms with E-state index in [1.807, 2.05) is 48.7 Å². The summed E-state index contributed by atoms with van der Waals surface area (Å²) in [6.07, 6.45) is 1.93. The van der Waals surface area contributed by atoms with Crippen molar-refractivity contribution in [1.29, 1.82) is 5.41 Å². The van der Waals surface area contributed by atoms with Gasteiger partial charge in [0.2, 0.25) is 0 Å². The summed E-state index contributed by atoms with van der Waals surface area (Å²) in [5.41, 5.74) is 5.84. The molecule has 1 aromatic heterocycles. The lowest BCUT2D eigenvalue weighted by Gasteiger charge is -2.20. The van der Waals surface area contributed by atoms with Crippen molar-refractivity contribution in [3.63, 3.8) is 0 Å². The SMILES string of the molecule is N=C(N=c1ccc(-c2ccccc2)c[nH]1)c1cccc(-c2cccc(P(c3ccccc3)c3ccccc3)c2)c1. The molecule has 0 bridgehead atoms. The minimum Gasteiger partial charge on any atom is -0.346 e. The molecule has 0 saturated heterocycles. The van der Waals surface area contributed by atoms with Crippen molar-refractivity contribution in [3.05, 3.63) is 169 Å². The molecule has 0 fully saturated rings. The topological polar surface area (TPSA) is 52.0 Å². The van der Waals surface area contributed by atoms with Gasteiger partial charge < -0.3 is 4.98 Å². The number of hydrogen-bond acceptors (Lipinski definition) is 1. The molecule has 1 heterocycles. The van der Waals surface area contributed by atoms with Gasteiger partial charge >= 0.3 is 0 Å². The molecule has 2 N–H and O–H groups in total. The Hall–Kier alpha value is -4.85. The second-order valence-corrected chi connectivity index (χ2v) is 11.6. The first-order valence-corrected chi connectivity index (χ1v) is 14.6. The van der Waals surface area contributed by atoms with Crippen molar-refractivity contribution in [2.24, 2.45) is 4.99 Å². The van der Waals surface area contributed by atoms with Crippen LogP contribution in [-0.2, 0) is 0 Å².